The summed E-state index contributed by atoms with van der Waals surface area (Å²) in [4.78, 5) is 28.0. The van der Waals surface area contributed by atoms with Crippen LogP contribution < -0.4 is 9.62 Å². The summed E-state index contributed by atoms with van der Waals surface area (Å²) in [6.07, 6.45) is 1.86. The molecule has 8 heteroatoms. The number of aryl methyl sites for hydroxylation is 3. The van der Waals surface area contributed by atoms with Gasteiger partial charge >= 0.3 is 0 Å². The number of amides is 2. The minimum absolute atomic E-state index is 0.0339. The van der Waals surface area contributed by atoms with Crippen LogP contribution in [0.25, 0.3) is 0 Å². The summed E-state index contributed by atoms with van der Waals surface area (Å²) >= 11 is 0. The van der Waals surface area contributed by atoms with Crippen molar-refractivity contribution in [2.24, 2.45) is 0 Å². The fourth-order valence-electron chi connectivity index (χ4n) is 3.71. The minimum atomic E-state index is -3.75. The van der Waals surface area contributed by atoms with Gasteiger partial charge in [0, 0.05) is 12.6 Å². The lowest BCUT2D eigenvalue weighted by Gasteiger charge is -2.32. The Bertz CT molecular complexity index is 1090. The first-order chi connectivity index (χ1) is 15.8. The first kappa shape index (κ1) is 27.4. The summed E-state index contributed by atoms with van der Waals surface area (Å²) in [6, 6.07) is 12.4. The Hall–Kier alpha value is -2.87. The third-order valence-corrected chi connectivity index (χ3v) is 7.12. The lowest BCUT2D eigenvalue weighted by atomic mass is 10.1. The number of carbonyl (C=O) groups is 2. The number of nitrogens with one attached hydrogen (secondary N) is 1. The number of sulfonamides is 1. The van der Waals surface area contributed by atoms with Crippen molar-refractivity contribution in [1.29, 1.82) is 0 Å². The maximum Gasteiger partial charge on any atom is 0.244 e. The van der Waals surface area contributed by atoms with Crippen molar-refractivity contribution in [1.82, 2.24) is 10.2 Å². The van der Waals surface area contributed by atoms with Gasteiger partial charge in [0.2, 0.25) is 21.8 Å². The first-order valence-corrected chi connectivity index (χ1v) is 13.4. The minimum Gasteiger partial charge on any atom is -0.352 e. The number of benzene rings is 2. The summed E-state index contributed by atoms with van der Waals surface area (Å²) in [6.45, 7) is 11.0. The molecule has 0 fully saturated rings. The van der Waals surface area contributed by atoms with E-state index < -0.39 is 28.5 Å². The number of nitrogens with zero attached hydrogens (tertiary/aromatic N) is 2. The van der Waals surface area contributed by atoms with E-state index in [1.807, 2.05) is 77.1 Å². The van der Waals surface area contributed by atoms with Crippen molar-refractivity contribution < 1.29 is 18.0 Å². The van der Waals surface area contributed by atoms with E-state index in [-0.39, 0.29) is 18.5 Å². The highest BCUT2D eigenvalue weighted by atomic mass is 32.2. The van der Waals surface area contributed by atoms with Crippen molar-refractivity contribution in [3.8, 4) is 0 Å². The lowest BCUT2D eigenvalue weighted by molar-refractivity contribution is -0.139. The molecule has 0 aliphatic carbocycles. The molecule has 186 valence electrons. The van der Waals surface area contributed by atoms with Gasteiger partial charge in [0.25, 0.3) is 0 Å². The SMILES string of the molecule is CC[C@H](C)NC(=O)[C@@H](C)N(Cc1ccc(C)cc1)C(=O)CN(c1c(C)cccc1C)S(C)(=O)=O. The van der Waals surface area contributed by atoms with Crippen LogP contribution in [0.2, 0.25) is 0 Å². The maximum absolute atomic E-state index is 13.6. The molecule has 0 saturated heterocycles. The second kappa shape index (κ2) is 11.5. The zero-order valence-corrected chi connectivity index (χ0v) is 22.1. The van der Waals surface area contributed by atoms with E-state index in [0.717, 1.165) is 39.2 Å². The molecule has 2 amide bonds. The third-order valence-electron chi connectivity index (χ3n) is 6.01. The molecule has 2 aromatic carbocycles. The number of anilines is 1. The van der Waals surface area contributed by atoms with E-state index in [1.165, 1.54) is 4.90 Å². The van der Waals surface area contributed by atoms with Crippen LogP contribution >= 0.6 is 0 Å². The standard InChI is InChI=1S/C26H37N3O4S/c1-8-21(5)27-26(31)22(6)28(16-23-14-12-18(2)13-15-23)24(30)17-29(34(7,32)33)25-19(3)10-9-11-20(25)4/h9-15,21-22H,8,16-17H2,1-7H3,(H,27,31)/t21-,22+/m0/s1. The molecule has 0 unspecified atom stereocenters. The highest BCUT2D eigenvalue weighted by Gasteiger charge is 2.31. The molecule has 0 saturated carbocycles. The van der Waals surface area contributed by atoms with E-state index in [4.69, 9.17) is 0 Å². The van der Waals surface area contributed by atoms with Crippen LogP contribution in [0.3, 0.4) is 0 Å². The number of carbonyl (C=O) groups excluding carboxylic acids is 2. The second-order valence-corrected chi connectivity index (χ2v) is 10.9. The van der Waals surface area contributed by atoms with Crippen LogP contribution in [0.5, 0.6) is 0 Å². The molecule has 0 radical (unpaired) electrons. The lowest BCUT2D eigenvalue weighted by Crippen LogP contribution is -2.52. The van der Waals surface area contributed by atoms with Crippen molar-refractivity contribution in [3.05, 3.63) is 64.7 Å². The van der Waals surface area contributed by atoms with Crippen LogP contribution in [0.4, 0.5) is 5.69 Å². The van der Waals surface area contributed by atoms with Crippen LogP contribution in [-0.2, 0) is 26.2 Å². The highest BCUT2D eigenvalue weighted by Crippen LogP contribution is 2.27. The van der Waals surface area contributed by atoms with E-state index >= 15 is 0 Å². The van der Waals surface area contributed by atoms with Gasteiger partial charge < -0.3 is 10.2 Å². The van der Waals surface area contributed by atoms with Crippen LogP contribution in [-0.4, -0.2) is 50.0 Å². The van der Waals surface area contributed by atoms with Gasteiger partial charge in [-0.15, -0.1) is 0 Å². The van der Waals surface area contributed by atoms with E-state index in [1.54, 1.807) is 6.92 Å². The summed E-state index contributed by atoms with van der Waals surface area (Å²) in [5.41, 5.74) is 3.95. The Kier molecular flexibility index (Phi) is 9.27. The molecule has 34 heavy (non-hydrogen) atoms. The quantitative estimate of drug-likeness (QED) is 0.554. The highest BCUT2D eigenvalue weighted by molar-refractivity contribution is 7.92. The Balaban J connectivity index is 2.43. The van der Waals surface area contributed by atoms with Gasteiger partial charge in [-0.05, 0) is 57.7 Å². The van der Waals surface area contributed by atoms with Gasteiger partial charge in [-0.2, -0.15) is 0 Å². The van der Waals surface area contributed by atoms with Crippen LogP contribution in [0, 0.1) is 20.8 Å². The summed E-state index contributed by atoms with van der Waals surface area (Å²) in [5.74, 6) is -0.715. The normalized spacial score (nSPS) is 13.1. The van der Waals surface area contributed by atoms with Gasteiger partial charge in [0.1, 0.15) is 12.6 Å². The van der Waals surface area contributed by atoms with E-state index in [0.29, 0.717) is 5.69 Å². The van der Waals surface area contributed by atoms with Crippen molar-refractivity contribution in [2.45, 2.75) is 66.6 Å². The average molecular weight is 488 g/mol. The zero-order valence-electron chi connectivity index (χ0n) is 21.3. The summed E-state index contributed by atoms with van der Waals surface area (Å²) in [7, 11) is -3.75. The molecular formula is C26H37N3O4S. The van der Waals surface area contributed by atoms with Crippen molar-refractivity contribution >= 4 is 27.5 Å². The van der Waals surface area contributed by atoms with Gasteiger partial charge in [0.15, 0.2) is 0 Å². The van der Waals surface area contributed by atoms with E-state index in [9.17, 15) is 18.0 Å². The molecule has 7 nitrogen and oxygen atoms in total. The molecule has 1 N–H and O–H groups in total. The van der Waals surface area contributed by atoms with Gasteiger partial charge in [-0.1, -0.05) is 55.0 Å². The first-order valence-electron chi connectivity index (χ1n) is 11.5. The molecule has 2 aromatic rings. The Morgan fingerprint density at radius 2 is 1.53 bits per heavy atom. The number of rotatable bonds is 10. The van der Waals surface area contributed by atoms with E-state index in [2.05, 4.69) is 5.32 Å². The zero-order chi connectivity index (χ0) is 25.6. The maximum atomic E-state index is 13.6. The number of para-hydroxylation sites is 1. The molecule has 2 atom stereocenters. The second-order valence-electron chi connectivity index (χ2n) is 9.01. The molecule has 0 spiro atoms. The van der Waals surface area contributed by atoms with Crippen LogP contribution in [0.1, 0.15) is 49.4 Å². The molecular weight excluding hydrogens is 450 g/mol. The largest absolute Gasteiger partial charge is 0.352 e. The Labute approximate surface area is 204 Å². The van der Waals surface area contributed by atoms with Crippen LogP contribution in [0.15, 0.2) is 42.5 Å². The molecule has 0 bridgehead atoms. The number of hydrogen-bond donors (Lipinski definition) is 1. The average Bonchev–Trinajstić information content (AvgIpc) is 2.76. The monoisotopic (exact) mass is 487 g/mol. The summed E-state index contributed by atoms with van der Waals surface area (Å²) in [5, 5.41) is 2.93. The number of hydrogen-bond acceptors (Lipinski definition) is 4. The van der Waals surface area contributed by atoms with Gasteiger partial charge in [-0.25, -0.2) is 8.42 Å². The van der Waals surface area contributed by atoms with Gasteiger partial charge in [-0.3, -0.25) is 13.9 Å². The predicted octanol–water partition coefficient (Wildman–Crippen LogP) is 3.71. The fourth-order valence-corrected chi connectivity index (χ4v) is 4.68. The topological polar surface area (TPSA) is 86.8 Å². The van der Waals surface area contributed by atoms with Crippen molar-refractivity contribution in [2.75, 3.05) is 17.1 Å². The fraction of sp³-hybridized carbons (Fsp3) is 0.462. The molecule has 0 aliphatic heterocycles. The Morgan fingerprint density at radius 1 is 0.971 bits per heavy atom. The smallest absolute Gasteiger partial charge is 0.244 e. The Morgan fingerprint density at radius 3 is 2.03 bits per heavy atom. The van der Waals surface area contributed by atoms with Gasteiger partial charge in [0.05, 0.1) is 11.9 Å². The molecule has 0 aromatic heterocycles. The third kappa shape index (κ3) is 7.06. The molecule has 0 heterocycles. The predicted molar refractivity (Wildman–Crippen MR) is 137 cm³/mol. The molecule has 2 rings (SSSR count). The molecule has 0 aliphatic rings. The summed E-state index contributed by atoms with van der Waals surface area (Å²) < 4.78 is 26.6. The van der Waals surface area contributed by atoms with Crippen molar-refractivity contribution in [3.63, 3.8) is 0 Å².